The molecule has 0 fully saturated rings. The summed E-state index contributed by atoms with van der Waals surface area (Å²) >= 11 is 0. The molecule has 1 N–H and O–H groups in total. The van der Waals surface area contributed by atoms with E-state index in [2.05, 4.69) is 5.10 Å². The summed E-state index contributed by atoms with van der Waals surface area (Å²) in [4.78, 5) is 21.8. The molecule has 1 aliphatic rings. The van der Waals surface area contributed by atoms with Gasteiger partial charge in [0.15, 0.2) is 5.92 Å². The molecule has 0 spiro atoms. The smallest absolute Gasteiger partial charge is 0.321 e. The van der Waals surface area contributed by atoms with Crippen LogP contribution in [0.3, 0.4) is 0 Å². The Hall–Kier alpha value is -1.44. The average Bonchev–Trinajstić information content (AvgIpc) is 2.42. The Labute approximate surface area is 86.3 Å². The van der Waals surface area contributed by atoms with Gasteiger partial charge in [0, 0.05) is 12.5 Å². The number of carbonyl (C=O) groups excluding carboxylic acids is 1. The number of hydrogen-bond donors (Lipinski definition) is 1. The lowest BCUT2D eigenvalue weighted by Crippen LogP contribution is -2.33. The predicted molar refractivity (Wildman–Crippen MR) is 51.0 cm³/mol. The van der Waals surface area contributed by atoms with Crippen molar-refractivity contribution in [1.82, 2.24) is 5.01 Å². The quantitative estimate of drug-likeness (QED) is 0.600. The standard InChI is InChI=1S/C7H10N2O5S/c1-15(13,14)3-2-9-6(10)5(4-8-9)7(11)12/h4-5H,2-3H2,1H3,(H,11,12). The lowest BCUT2D eigenvalue weighted by atomic mass is 10.2. The average molecular weight is 234 g/mol. The molecule has 0 aromatic heterocycles. The van der Waals surface area contributed by atoms with Crippen molar-refractivity contribution in [2.75, 3.05) is 18.6 Å². The molecular weight excluding hydrogens is 224 g/mol. The fourth-order valence-corrected chi connectivity index (χ4v) is 1.52. The van der Waals surface area contributed by atoms with Gasteiger partial charge in [-0.3, -0.25) is 9.59 Å². The number of amides is 1. The maximum atomic E-state index is 11.3. The summed E-state index contributed by atoms with van der Waals surface area (Å²) in [6.07, 6.45) is 2.03. The molecule has 15 heavy (non-hydrogen) atoms. The minimum atomic E-state index is -3.19. The maximum absolute atomic E-state index is 11.3. The molecule has 1 heterocycles. The molecule has 1 aliphatic heterocycles. The highest BCUT2D eigenvalue weighted by atomic mass is 32.2. The van der Waals surface area contributed by atoms with Crippen LogP contribution in [0.25, 0.3) is 0 Å². The van der Waals surface area contributed by atoms with Gasteiger partial charge in [-0.1, -0.05) is 0 Å². The lowest BCUT2D eigenvalue weighted by molar-refractivity contribution is -0.146. The van der Waals surface area contributed by atoms with Gasteiger partial charge < -0.3 is 5.11 Å². The minimum absolute atomic E-state index is 0.113. The molecule has 84 valence electrons. The number of carboxylic acids is 1. The zero-order valence-corrected chi connectivity index (χ0v) is 8.77. The van der Waals surface area contributed by atoms with E-state index in [1.807, 2.05) is 0 Å². The van der Waals surface area contributed by atoms with Crippen LogP contribution in [0.1, 0.15) is 0 Å². The zero-order valence-electron chi connectivity index (χ0n) is 7.95. The largest absolute Gasteiger partial charge is 0.480 e. The van der Waals surface area contributed by atoms with Crippen molar-refractivity contribution in [3.8, 4) is 0 Å². The van der Waals surface area contributed by atoms with Crippen LogP contribution in [0.4, 0.5) is 0 Å². The normalized spacial score (nSPS) is 21.0. The molecule has 0 aliphatic carbocycles. The van der Waals surface area contributed by atoms with Crippen molar-refractivity contribution < 1.29 is 23.1 Å². The lowest BCUT2D eigenvalue weighted by Gasteiger charge is -2.11. The van der Waals surface area contributed by atoms with E-state index in [4.69, 9.17) is 5.11 Å². The number of rotatable bonds is 4. The Morgan fingerprint density at radius 1 is 1.67 bits per heavy atom. The molecule has 0 saturated carbocycles. The molecule has 0 saturated heterocycles. The van der Waals surface area contributed by atoms with Crippen LogP contribution in [0, 0.1) is 5.92 Å². The van der Waals surface area contributed by atoms with Crippen LogP contribution in [-0.4, -0.2) is 55.2 Å². The van der Waals surface area contributed by atoms with Gasteiger partial charge >= 0.3 is 5.97 Å². The number of hydrazone groups is 1. The molecule has 0 aromatic carbocycles. The topological polar surface area (TPSA) is 104 Å². The van der Waals surface area contributed by atoms with E-state index in [-0.39, 0.29) is 12.3 Å². The van der Waals surface area contributed by atoms with Crippen LogP contribution in [0.5, 0.6) is 0 Å². The molecule has 0 radical (unpaired) electrons. The highest BCUT2D eigenvalue weighted by Crippen LogP contribution is 2.10. The van der Waals surface area contributed by atoms with E-state index in [0.717, 1.165) is 17.5 Å². The monoisotopic (exact) mass is 234 g/mol. The molecule has 7 nitrogen and oxygen atoms in total. The summed E-state index contributed by atoms with van der Waals surface area (Å²) in [5.41, 5.74) is 0. The molecule has 0 bridgehead atoms. The second-order valence-electron chi connectivity index (χ2n) is 3.17. The number of carbonyl (C=O) groups is 2. The second kappa shape index (κ2) is 3.97. The van der Waals surface area contributed by atoms with Crippen molar-refractivity contribution >= 4 is 27.9 Å². The second-order valence-corrected chi connectivity index (χ2v) is 5.43. The van der Waals surface area contributed by atoms with Crippen LogP contribution >= 0.6 is 0 Å². The van der Waals surface area contributed by atoms with Gasteiger partial charge in [0.1, 0.15) is 9.84 Å². The molecular formula is C7H10N2O5S. The predicted octanol–water partition coefficient (Wildman–Crippen LogP) is -1.44. The summed E-state index contributed by atoms with van der Waals surface area (Å²) in [7, 11) is -3.19. The van der Waals surface area contributed by atoms with Gasteiger partial charge in [-0.15, -0.1) is 0 Å². The summed E-state index contributed by atoms with van der Waals surface area (Å²) in [6.45, 7) is -0.113. The van der Waals surface area contributed by atoms with Gasteiger partial charge in [-0.05, 0) is 0 Å². The first kappa shape index (κ1) is 11.6. The van der Waals surface area contributed by atoms with Crippen molar-refractivity contribution in [2.24, 2.45) is 11.0 Å². The van der Waals surface area contributed by atoms with E-state index in [9.17, 15) is 18.0 Å². The van der Waals surface area contributed by atoms with E-state index >= 15 is 0 Å². The SMILES string of the molecule is CS(=O)(=O)CCN1N=CC(C(=O)O)C1=O. The summed E-state index contributed by atoms with van der Waals surface area (Å²) < 4.78 is 21.6. The first-order valence-electron chi connectivity index (χ1n) is 4.07. The Balaban J connectivity index is 2.59. The number of aliphatic carboxylic acids is 1. The van der Waals surface area contributed by atoms with Gasteiger partial charge in [0.25, 0.3) is 5.91 Å². The number of hydrogen-bond acceptors (Lipinski definition) is 5. The molecule has 1 amide bonds. The minimum Gasteiger partial charge on any atom is -0.480 e. The third-order valence-corrected chi connectivity index (χ3v) is 2.74. The van der Waals surface area contributed by atoms with E-state index in [1.165, 1.54) is 0 Å². The van der Waals surface area contributed by atoms with Crippen LogP contribution < -0.4 is 0 Å². The first-order chi connectivity index (χ1) is 6.81. The molecule has 8 heteroatoms. The summed E-state index contributed by atoms with van der Waals surface area (Å²) in [6, 6.07) is 0. The van der Waals surface area contributed by atoms with Crippen molar-refractivity contribution in [3.63, 3.8) is 0 Å². The van der Waals surface area contributed by atoms with Crippen LogP contribution in [0.2, 0.25) is 0 Å². The zero-order chi connectivity index (χ0) is 11.6. The molecule has 1 atom stereocenters. The molecule has 1 rings (SSSR count). The number of sulfone groups is 1. The van der Waals surface area contributed by atoms with E-state index in [0.29, 0.717) is 0 Å². The maximum Gasteiger partial charge on any atom is 0.321 e. The Morgan fingerprint density at radius 3 is 2.67 bits per heavy atom. The fourth-order valence-electron chi connectivity index (χ4n) is 1.02. The number of nitrogens with zero attached hydrogens (tertiary/aromatic N) is 2. The summed E-state index contributed by atoms with van der Waals surface area (Å²) in [5.74, 6) is -3.51. The van der Waals surface area contributed by atoms with Gasteiger partial charge in [-0.25, -0.2) is 13.4 Å². The Morgan fingerprint density at radius 2 is 2.27 bits per heavy atom. The highest BCUT2D eigenvalue weighted by Gasteiger charge is 2.34. The molecule has 0 aromatic rings. The Bertz CT molecular complexity index is 413. The Kier molecular flexibility index (Phi) is 3.08. The van der Waals surface area contributed by atoms with Crippen molar-refractivity contribution in [1.29, 1.82) is 0 Å². The van der Waals surface area contributed by atoms with E-state index in [1.54, 1.807) is 0 Å². The number of carboxylic acid groups (broad SMARTS) is 1. The highest BCUT2D eigenvalue weighted by molar-refractivity contribution is 7.90. The van der Waals surface area contributed by atoms with Crippen LogP contribution in [-0.2, 0) is 19.4 Å². The van der Waals surface area contributed by atoms with Crippen molar-refractivity contribution in [2.45, 2.75) is 0 Å². The molecule has 1 unspecified atom stereocenters. The van der Waals surface area contributed by atoms with Crippen LogP contribution in [0.15, 0.2) is 5.10 Å². The third kappa shape index (κ3) is 3.01. The van der Waals surface area contributed by atoms with E-state index < -0.39 is 27.6 Å². The van der Waals surface area contributed by atoms with Crippen molar-refractivity contribution in [3.05, 3.63) is 0 Å². The van der Waals surface area contributed by atoms with Gasteiger partial charge in [-0.2, -0.15) is 5.10 Å². The summed E-state index contributed by atoms with van der Waals surface area (Å²) in [5, 5.41) is 13.0. The fraction of sp³-hybridized carbons (Fsp3) is 0.571. The third-order valence-electron chi connectivity index (χ3n) is 1.82. The van der Waals surface area contributed by atoms with Gasteiger partial charge in [0.2, 0.25) is 0 Å². The first-order valence-corrected chi connectivity index (χ1v) is 6.13. The van der Waals surface area contributed by atoms with Gasteiger partial charge in [0.05, 0.1) is 12.3 Å².